The first-order valence-corrected chi connectivity index (χ1v) is 11.4. The number of benzene rings is 3. The molecule has 0 unspecified atom stereocenters. The number of nitro benzene ring substituents is 1. The molecule has 1 aliphatic rings. The van der Waals surface area contributed by atoms with Gasteiger partial charge in [-0.2, -0.15) is 0 Å². The van der Waals surface area contributed by atoms with Crippen LogP contribution in [0.3, 0.4) is 0 Å². The Labute approximate surface area is 203 Å². The molecule has 0 aliphatic carbocycles. The summed E-state index contributed by atoms with van der Waals surface area (Å²) in [6, 6.07) is 20.7. The Bertz CT molecular complexity index is 1480. The normalized spacial score (nSPS) is 15.0. The van der Waals surface area contributed by atoms with Crippen LogP contribution in [0.5, 0.6) is 0 Å². The largest absolute Gasteiger partial charge is 0.342 e. The molecule has 0 spiro atoms. The second-order valence-electron chi connectivity index (χ2n) is 7.65. The van der Waals surface area contributed by atoms with Crippen molar-refractivity contribution in [2.45, 2.75) is 6.54 Å². The fourth-order valence-corrected chi connectivity index (χ4v) is 4.82. The predicted molar refractivity (Wildman–Crippen MR) is 134 cm³/mol. The summed E-state index contributed by atoms with van der Waals surface area (Å²) in [5, 5.41) is 12.0. The molecule has 0 atom stereocenters. The minimum Gasteiger partial charge on any atom is -0.342 e. The lowest BCUT2D eigenvalue weighted by Crippen LogP contribution is -2.27. The third kappa shape index (κ3) is 4.09. The first-order chi connectivity index (χ1) is 16.4. The first-order valence-electron chi connectivity index (χ1n) is 10.3. The number of nitrogens with zero attached hydrogens (tertiary/aromatic N) is 3. The molecular weight excluding hydrogens is 474 g/mol. The van der Waals surface area contributed by atoms with Gasteiger partial charge in [0.1, 0.15) is 0 Å². The van der Waals surface area contributed by atoms with Crippen molar-refractivity contribution >= 4 is 62.9 Å². The number of carbonyl (C=O) groups is 2. The summed E-state index contributed by atoms with van der Waals surface area (Å²) in [7, 11) is 0. The molecule has 4 aromatic rings. The molecular formula is C25H16ClN3O4S. The van der Waals surface area contributed by atoms with Gasteiger partial charge < -0.3 is 4.57 Å². The molecule has 1 fully saturated rings. The summed E-state index contributed by atoms with van der Waals surface area (Å²) in [4.78, 5) is 37.6. The van der Waals surface area contributed by atoms with Crippen LogP contribution in [0.25, 0.3) is 17.0 Å². The molecule has 2 amide bonds. The molecule has 1 aromatic heterocycles. The zero-order valence-corrected chi connectivity index (χ0v) is 19.1. The Morgan fingerprint density at radius 3 is 2.38 bits per heavy atom. The minimum atomic E-state index is -0.427. The molecule has 168 valence electrons. The van der Waals surface area contributed by atoms with Crippen molar-refractivity contribution in [2.75, 3.05) is 4.90 Å². The van der Waals surface area contributed by atoms with Crippen LogP contribution in [-0.2, 0) is 11.3 Å². The number of hydrogen-bond acceptors (Lipinski definition) is 5. The highest BCUT2D eigenvalue weighted by atomic mass is 35.5. The first kappa shape index (κ1) is 21.9. The molecule has 0 bridgehead atoms. The maximum Gasteiger partial charge on any atom is 0.298 e. The smallest absolute Gasteiger partial charge is 0.298 e. The third-order valence-corrected chi connectivity index (χ3v) is 6.61. The number of fused-ring (bicyclic) bond motifs is 1. The fourth-order valence-electron chi connectivity index (χ4n) is 3.86. The molecule has 3 aromatic carbocycles. The lowest BCUT2D eigenvalue weighted by molar-refractivity contribution is -0.384. The van der Waals surface area contributed by atoms with Crippen LogP contribution in [0.15, 0.2) is 83.9 Å². The lowest BCUT2D eigenvalue weighted by Gasteiger charge is -2.12. The summed E-state index contributed by atoms with van der Waals surface area (Å²) in [6.07, 6.45) is 3.65. The summed E-state index contributed by atoms with van der Waals surface area (Å²) in [5.74, 6) is -0.385. The second kappa shape index (κ2) is 8.81. The molecule has 5 rings (SSSR count). The van der Waals surface area contributed by atoms with E-state index in [1.165, 1.54) is 12.1 Å². The van der Waals surface area contributed by atoms with Gasteiger partial charge in [-0.3, -0.25) is 19.7 Å². The Kier molecular flexibility index (Phi) is 5.69. The van der Waals surface area contributed by atoms with Gasteiger partial charge in [0.2, 0.25) is 0 Å². The number of hydrogen-bond donors (Lipinski definition) is 0. The van der Waals surface area contributed by atoms with Gasteiger partial charge in [0.15, 0.2) is 0 Å². The highest BCUT2D eigenvalue weighted by molar-refractivity contribution is 8.19. The predicted octanol–water partition coefficient (Wildman–Crippen LogP) is 6.49. The standard InChI is InChI=1S/C25H16ClN3O4S/c26-18-7-11-19(12-8-18)28-24(30)23(34-25(28)31)13-17-15-27(22-4-2-1-3-21(17)22)14-16-5-9-20(10-6-16)29(32)33/h1-13,15H,14H2/b23-13+. The van der Waals surface area contributed by atoms with Crippen LogP contribution in [-0.4, -0.2) is 20.6 Å². The van der Waals surface area contributed by atoms with Crippen LogP contribution in [0.2, 0.25) is 5.02 Å². The monoisotopic (exact) mass is 489 g/mol. The number of rotatable bonds is 5. The van der Waals surface area contributed by atoms with Gasteiger partial charge in [0, 0.05) is 46.4 Å². The van der Waals surface area contributed by atoms with Crippen LogP contribution in [0.1, 0.15) is 11.1 Å². The van der Waals surface area contributed by atoms with Crippen LogP contribution in [0, 0.1) is 10.1 Å². The van der Waals surface area contributed by atoms with Crippen LogP contribution < -0.4 is 4.90 Å². The molecule has 34 heavy (non-hydrogen) atoms. The number of aromatic nitrogens is 1. The van der Waals surface area contributed by atoms with E-state index in [1.807, 2.05) is 35.0 Å². The minimum absolute atomic E-state index is 0.0400. The number of imide groups is 1. The zero-order valence-electron chi connectivity index (χ0n) is 17.6. The van der Waals surface area contributed by atoms with E-state index >= 15 is 0 Å². The van der Waals surface area contributed by atoms with E-state index in [0.717, 1.165) is 38.7 Å². The Morgan fingerprint density at radius 1 is 0.971 bits per heavy atom. The fraction of sp³-hybridized carbons (Fsp3) is 0.0400. The quantitative estimate of drug-likeness (QED) is 0.181. The maximum absolute atomic E-state index is 13.0. The van der Waals surface area contributed by atoms with Gasteiger partial charge in [-0.05, 0) is 53.7 Å². The van der Waals surface area contributed by atoms with E-state index in [0.29, 0.717) is 22.2 Å². The van der Waals surface area contributed by atoms with E-state index in [2.05, 4.69) is 0 Å². The summed E-state index contributed by atoms with van der Waals surface area (Å²) in [6.45, 7) is 0.499. The SMILES string of the molecule is O=C1S/C(=C/c2cn(Cc3ccc([N+](=O)[O-])cc3)c3ccccc23)C(=O)N1c1ccc(Cl)cc1. The highest BCUT2D eigenvalue weighted by Crippen LogP contribution is 2.37. The highest BCUT2D eigenvalue weighted by Gasteiger charge is 2.36. The third-order valence-electron chi connectivity index (χ3n) is 5.48. The maximum atomic E-state index is 13.0. The molecule has 7 nitrogen and oxygen atoms in total. The van der Waals surface area contributed by atoms with Gasteiger partial charge in [-0.1, -0.05) is 41.9 Å². The number of nitro groups is 1. The van der Waals surface area contributed by atoms with E-state index in [1.54, 1.807) is 42.5 Å². The van der Waals surface area contributed by atoms with Crippen LogP contribution in [0.4, 0.5) is 16.2 Å². The van der Waals surface area contributed by atoms with Gasteiger partial charge >= 0.3 is 0 Å². The van der Waals surface area contributed by atoms with Crippen molar-refractivity contribution in [1.29, 1.82) is 0 Å². The molecule has 9 heteroatoms. The lowest BCUT2D eigenvalue weighted by atomic mass is 10.1. The van der Waals surface area contributed by atoms with Gasteiger partial charge in [-0.25, -0.2) is 4.90 Å². The van der Waals surface area contributed by atoms with Crippen LogP contribution >= 0.6 is 23.4 Å². The topological polar surface area (TPSA) is 85.5 Å². The Balaban J connectivity index is 1.48. The second-order valence-corrected chi connectivity index (χ2v) is 9.08. The van der Waals surface area contributed by atoms with Gasteiger partial charge in [0.25, 0.3) is 16.8 Å². The van der Waals surface area contributed by atoms with Crippen molar-refractivity contribution in [3.63, 3.8) is 0 Å². The number of para-hydroxylation sites is 1. The van der Waals surface area contributed by atoms with Crippen molar-refractivity contribution in [3.05, 3.63) is 110 Å². The number of non-ortho nitro benzene ring substituents is 1. The van der Waals surface area contributed by atoms with E-state index in [-0.39, 0.29) is 16.8 Å². The molecule has 0 N–H and O–H groups in total. The number of anilines is 1. The van der Waals surface area contributed by atoms with E-state index < -0.39 is 4.92 Å². The van der Waals surface area contributed by atoms with Gasteiger partial charge in [-0.15, -0.1) is 0 Å². The molecule has 1 aliphatic heterocycles. The van der Waals surface area contributed by atoms with E-state index in [4.69, 9.17) is 11.6 Å². The summed E-state index contributed by atoms with van der Waals surface area (Å²) < 4.78 is 2.02. The number of carbonyl (C=O) groups excluding carboxylic acids is 2. The van der Waals surface area contributed by atoms with Crippen molar-refractivity contribution < 1.29 is 14.5 Å². The number of halogens is 1. The van der Waals surface area contributed by atoms with Crippen molar-refractivity contribution in [2.24, 2.45) is 0 Å². The zero-order chi connectivity index (χ0) is 23.8. The average Bonchev–Trinajstić information content (AvgIpc) is 3.31. The Morgan fingerprint density at radius 2 is 1.68 bits per heavy atom. The summed E-state index contributed by atoms with van der Waals surface area (Å²) in [5.41, 5.74) is 3.17. The van der Waals surface area contributed by atoms with Gasteiger partial charge in [0.05, 0.1) is 15.5 Å². The Hall–Kier alpha value is -3.88. The van der Waals surface area contributed by atoms with Crippen molar-refractivity contribution in [3.8, 4) is 0 Å². The van der Waals surface area contributed by atoms with E-state index in [9.17, 15) is 19.7 Å². The number of amides is 2. The molecule has 0 radical (unpaired) electrons. The number of thioether (sulfide) groups is 1. The molecule has 1 saturated heterocycles. The average molecular weight is 490 g/mol. The van der Waals surface area contributed by atoms with Crippen molar-refractivity contribution in [1.82, 2.24) is 4.57 Å². The molecule has 0 saturated carbocycles. The molecule has 2 heterocycles. The summed E-state index contributed by atoms with van der Waals surface area (Å²) >= 11 is 6.82.